The molecule has 0 radical (unpaired) electrons. The van der Waals surface area contributed by atoms with Gasteiger partial charge in [-0.2, -0.15) is 0 Å². The molecule has 1 aliphatic heterocycles. The highest BCUT2D eigenvalue weighted by Gasteiger charge is 2.33. The molecule has 0 aliphatic carbocycles. The fourth-order valence-electron chi connectivity index (χ4n) is 2.43. The van der Waals surface area contributed by atoms with Crippen molar-refractivity contribution in [2.45, 2.75) is 19.4 Å². The van der Waals surface area contributed by atoms with E-state index in [1.807, 2.05) is 0 Å². The molecule has 2 rings (SSSR count). The number of methoxy groups -OCH3 is 1. The van der Waals surface area contributed by atoms with Crippen LogP contribution in [0.3, 0.4) is 0 Å². The highest BCUT2D eigenvalue weighted by atomic mass is 16.6. The Kier molecular flexibility index (Phi) is 3.61. The number of hydrogen-bond donors (Lipinski definition) is 1. The molecular formula is C13H19N3O3. The van der Waals surface area contributed by atoms with Crippen LogP contribution in [0.4, 0.5) is 11.4 Å². The molecule has 19 heavy (non-hydrogen) atoms. The molecule has 0 unspecified atom stereocenters. The molecule has 0 amide bonds. The van der Waals surface area contributed by atoms with E-state index in [1.165, 1.54) is 6.07 Å². The van der Waals surface area contributed by atoms with Crippen LogP contribution in [0.25, 0.3) is 0 Å². The van der Waals surface area contributed by atoms with Gasteiger partial charge in [0.15, 0.2) is 0 Å². The van der Waals surface area contributed by atoms with Gasteiger partial charge in [-0.05, 0) is 19.9 Å². The molecule has 1 aliphatic rings. The number of hydrogen-bond acceptors (Lipinski definition) is 5. The number of anilines is 1. The summed E-state index contributed by atoms with van der Waals surface area (Å²) < 4.78 is 5.18. The zero-order valence-electron chi connectivity index (χ0n) is 11.5. The Morgan fingerprint density at radius 1 is 1.47 bits per heavy atom. The molecule has 1 aromatic rings. The van der Waals surface area contributed by atoms with Gasteiger partial charge in [-0.15, -0.1) is 0 Å². The fraction of sp³-hybridized carbons (Fsp3) is 0.538. The third-order valence-electron chi connectivity index (χ3n) is 3.47. The van der Waals surface area contributed by atoms with Crippen molar-refractivity contribution in [2.24, 2.45) is 0 Å². The summed E-state index contributed by atoms with van der Waals surface area (Å²) in [5.41, 5.74) is 0.571. The van der Waals surface area contributed by atoms with E-state index in [1.54, 1.807) is 19.2 Å². The molecule has 1 fully saturated rings. The maximum Gasteiger partial charge on any atom is 0.292 e. The smallest absolute Gasteiger partial charge is 0.292 e. The number of benzene rings is 1. The van der Waals surface area contributed by atoms with E-state index in [0.29, 0.717) is 11.4 Å². The number of nitro benzene ring substituents is 1. The molecule has 0 saturated carbocycles. The number of nitrogens with zero attached hydrogens (tertiary/aromatic N) is 2. The van der Waals surface area contributed by atoms with Crippen molar-refractivity contribution >= 4 is 11.4 Å². The Morgan fingerprint density at radius 3 is 2.79 bits per heavy atom. The molecule has 104 valence electrons. The van der Waals surface area contributed by atoms with Gasteiger partial charge in [0.2, 0.25) is 0 Å². The monoisotopic (exact) mass is 265 g/mol. The van der Waals surface area contributed by atoms with Crippen LogP contribution in [-0.4, -0.2) is 37.2 Å². The Bertz CT molecular complexity index is 488. The summed E-state index contributed by atoms with van der Waals surface area (Å²) in [6.45, 7) is 6.49. The lowest BCUT2D eigenvalue weighted by Gasteiger charge is -2.44. The summed E-state index contributed by atoms with van der Waals surface area (Å²) >= 11 is 0. The van der Waals surface area contributed by atoms with Crippen molar-refractivity contribution < 1.29 is 9.66 Å². The highest BCUT2D eigenvalue weighted by molar-refractivity contribution is 5.67. The largest absolute Gasteiger partial charge is 0.497 e. The van der Waals surface area contributed by atoms with E-state index in [9.17, 15) is 10.1 Å². The third kappa shape index (κ3) is 2.63. The van der Waals surface area contributed by atoms with Crippen molar-refractivity contribution in [2.75, 3.05) is 31.6 Å². The van der Waals surface area contributed by atoms with Gasteiger partial charge in [-0.3, -0.25) is 10.1 Å². The van der Waals surface area contributed by atoms with Gasteiger partial charge < -0.3 is 15.0 Å². The van der Waals surface area contributed by atoms with Crippen molar-refractivity contribution in [3.8, 4) is 5.75 Å². The van der Waals surface area contributed by atoms with E-state index < -0.39 is 0 Å². The summed E-state index contributed by atoms with van der Waals surface area (Å²) in [7, 11) is 1.56. The molecule has 0 spiro atoms. The van der Waals surface area contributed by atoms with E-state index in [2.05, 4.69) is 24.1 Å². The minimum Gasteiger partial charge on any atom is -0.497 e. The number of ether oxygens (including phenoxy) is 1. The Morgan fingerprint density at radius 2 is 2.21 bits per heavy atom. The minimum atomic E-state index is -0.340. The highest BCUT2D eigenvalue weighted by Crippen LogP contribution is 2.36. The maximum atomic E-state index is 11.2. The Labute approximate surface area is 112 Å². The normalized spacial score (nSPS) is 18.2. The van der Waals surface area contributed by atoms with Gasteiger partial charge in [0, 0.05) is 37.3 Å². The second-order valence-electron chi connectivity index (χ2n) is 5.25. The van der Waals surface area contributed by atoms with Gasteiger partial charge in [0.1, 0.15) is 11.4 Å². The van der Waals surface area contributed by atoms with Gasteiger partial charge in [-0.1, -0.05) is 0 Å². The molecule has 1 aromatic carbocycles. The summed E-state index contributed by atoms with van der Waals surface area (Å²) in [5, 5.41) is 14.5. The topological polar surface area (TPSA) is 67.6 Å². The van der Waals surface area contributed by atoms with E-state index in [0.717, 1.165) is 19.6 Å². The average Bonchev–Trinajstić information content (AvgIpc) is 2.37. The van der Waals surface area contributed by atoms with Crippen LogP contribution in [0.1, 0.15) is 13.8 Å². The van der Waals surface area contributed by atoms with Crippen molar-refractivity contribution in [3.05, 3.63) is 28.3 Å². The number of nitro groups is 1. The zero-order chi connectivity index (χ0) is 14.0. The van der Waals surface area contributed by atoms with Crippen molar-refractivity contribution in [1.29, 1.82) is 0 Å². The molecule has 1 saturated heterocycles. The predicted octanol–water partition coefficient (Wildman–Crippen LogP) is 1.79. The zero-order valence-corrected chi connectivity index (χ0v) is 11.5. The van der Waals surface area contributed by atoms with Gasteiger partial charge in [0.05, 0.1) is 12.0 Å². The van der Waals surface area contributed by atoms with Gasteiger partial charge >= 0.3 is 0 Å². The van der Waals surface area contributed by atoms with Crippen molar-refractivity contribution in [3.63, 3.8) is 0 Å². The molecule has 6 heteroatoms. The maximum absolute atomic E-state index is 11.2. The average molecular weight is 265 g/mol. The molecular weight excluding hydrogens is 246 g/mol. The molecule has 1 N–H and O–H groups in total. The summed E-state index contributed by atoms with van der Waals surface area (Å²) in [5.74, 6) is 0.634. The lowest BCUT2D eigenvalue weighted by molar-refractivity contribution is -0.384. The van der Waals surface area contributed by atoms with Crippen LogP contribution in [0.2, 0.25) is 0 Å². The van der Waals surface area contributed by atoms with Crippen molar-refractivity contribution in [1.82, 2.24) is 5.32 Å². The van der Waals surface area contributed by atoms with E-state index >= 15 is 0 Å². The summed E-state index contributed by atoms with van der Waals surface area (Å²) in [6.07, 6.45) is 0. The van der Waals surface area contributed by atoms with Gasteiger partial charge in [0.25, 0.3) is 5.69 Å². The third-order valence-corrected chi connectivity index (χ3v) is 3.47. The van der Waals surface area contributed by atoms with E-state index in [4.69, 9.17) is 4.74 Å². The summed E-state index contributed by atoms with van der Waals surface area (Å²) in [6, 6.07) is 4.87. The standard InChI is InChI=1S/C13H19N3O3/c1-13(2)9-14-6-7-15(13)12-8-10(19-3)4-5-11(12)16(17)18/h4-5,8,14H,6-7,9H2,1-3H3. The predicted molar refractivity (Wildman–Crippen MR) is 73.9 cm³/mol. The first-order chi connectivity index (χ1) is 8.95. The van der Waals surface area contributed by atoms with Crippen LogP contribution in [0, 0.1) is 10.1 Å². The van der Waals surface area contributed by atoms with Crippen LogP contribution < -0.4 is 15.0 Å². The number of piperazine rings is 1. The van der Waals surface area contributed by atoms with Crippen LogP contribution in [-0.2, 0) is 0 Å². The van der Waals surface area contributed by atoms with Crippen LogP contribution >= 0.6 is 0 Å². The minimum absolute atomic E-state index is 0.121. The van der Waals surface area contributed by atoms with Gasteiger partial charge in [-0.25, -0.2) is 0 Å². The first-order valence-corrected chi connectivity index (χ1v) is 6.26. The molecule has 0 aromatic heterocycles. The quantitative estimate of drug-likeness (QED) is 0.666. The molecule has 6 nitrogen and oxygen atoms in total. The lowest BCUT2D eigenvalue weighted by Crippen LogP contribution is -2.58. The Hall–Kier alpha value is -1.82. The fourth-order valence-corrected chi connectivity index (χ4v) is 2.43. The number of rotatable bonds is 3. The lowest BCUT2D eigenvalue weighted by atomic mass is 9.98. The molecule has 0 atom stereocenters. The first-order valence-electron chi connectivity index (χ1n) is 6.26. The van der Waals surface area contributed by atoms with Crippen LogP contribution in [0.15, 0.2) is 18.2 Å². The second kappa shape index (κ2) is 5.05. The SMILES string of the molecule is COc1ccc([N+](=O)[O-])c(N2CCNCC2(C)C)c1. The first kappa shape index (κ1) is 13.6. The Balaban J connectivity index is 2.49. The second-order valence-corrected chi connectivity index (χ2v) is 5.25. The number of nitrogens with one attached hydrogen (secondary N) is 1. The molecule has 0 bridgehead atoms. The van der Waals surface area contributed by atoms with Crippen LogP contribution in [0.5, 0.6) is 5.75 Å². The van der Waals surface area contributed by atoms with E-state index in [-0.39, 0.29) is 16.1 Å². The molecule has 1 heterocycles. The summed E-state index contributed by atoms with van der Waals surface area (Å²) in [4.78, 5) is 12.9.